The number of imide groups is 1. The second-order valence-electron chi connectivity index (χ2n) is 14.8. The van der Waals surface area contributed by atoms with Gasteiger partial charge >= 0.3 is 6.18 Å². The summed E-state index contributed by atoms with van der Waals surface area (Å²) in [4.78, 5) is 45.4. The van der Waals surface area contributed by atoms with Crippen molar-refractivity contribution in [2.24, 2.45) is 0 Å². The Morgan fingerprint density at radius 1 is 0.815 bits per heavy atom. The van der Waals surface area contributed by atoms with Crippen LogP contribution in [0.25, 0.3) is 0 Å². The number of nitrogens with one attached hydrogen (secondary N) is 2. The van der Waals surface area contributed by atoms with E-state index in [9.17, 15) is 27.6 Å². The first-order valence-electron chi connectivity index (χ1n) is 19.0. The molecule has 3 aromatic carbocycles. The minimum absolute atomic E-state index is 0.145. The number of amides is 3. The molecular formula is C41H46F3N7O3. The fourth-order valence-electron chi connectivity index (χ4n) is 8.26. The van der Waals surface area contributed by atoms with Gasteiger partial charge in [-0.2, -0.15) is 18.4 Å². The van der Waals surface area contributed by atoms with Gasteiger partial charge in [0.25, 0.3) is 5.91 Å². The molecule has 4 aliphatic rings. The van der Waals surface area contributed by atoms with E-state index in [0.717, 1.165) is 94.4 Å². The van der Waals surface area contributed by atoms with Crippen molar-refractivity contribution in [1.82, 2.24) is 15.1 Å². The molecule has 7 rings (SSSR count). The number of hydrogen-bond donors (Lipinski definition) is 2. The SMILES string of the molecule is N#Cc1ccc(N2CCC(c3ccc(NCCCCCN4CCN(c5ccc6c(c5)CN(C5CCC(=O)NC5=O)C6=O)CC4)cc3)CC2)cc1C(F)(F)F. The molecule has 0 aromatic heterocycles. The zero-order valence-electron chi connectivity index (χ0n) is 30.3. The summed E-state index contributed by atoms with van der Waals surface area (Å²) in [5.74, 6) is -0.463. The molecule has 3 fully saturated rings. The summed E-state index contributed by atoms with van der Waals surface area (Å²) in [6.07, 6.45) is 1.11. The lowest BCUT2D eigenvalue weighted by Crippen LogP contribution is -2.52. The molecule has 0 spiro atoms. The largest absolute Gasteiger partial charge is 0.417 e. The minimum atomic E-state index is -4.56. The van der Waals surface area contributed by atoms with Crippen molar-refractivity contribution in [2.75, 3.05) is 67.5 Å². The monoisotopic (exact) mass is 741 g/mol. The number of halogens is 3. The van der Waals surface area contributed by atoms with Crippen LogP contribution >= 0.6 is 0 Å². The number of carbonyl (C=O) groups is 3. The summed E-state index contributed by atoms with van der Waals surface area (Å²) in [7, 11) is 0. The molecule has 0 radical (unpaired) electrons. The number of nitrogens with zero attached hydrogens (tertiary/aromatic N) is 5. The van der Waals surface area contributed by atoms with Crippen LogP contribution in [0.2, 0.25) is 0 Å². The molecule has 4 heterocycles. The second kappa shape index (κ2) is 16.1. The Labute approximate surface area is 313 Å². The summed E-state index contributed by atoms with van der Waals surface area (Å²) in [5.41, 5.74) is 4.30. The van der Waals surface area contributed by atoms with Crippen LogP contribution in [0.4, 0.5) is 30.2 Å². The summed E-state index contributed by atoms with van der Waals surface area (Å²) in [6.45, 7) is 7.48. The quantitative estimate of drug-likeness (QED) is 0.179. The highest BCUT2D eigenvalue weighted by atomic mass is 19.4. The third-order valence-corrected chi connectivity index (χ3v) is 11.4. The van der Waals surface area contributed by atoms with Gasteiger partial charge in [-0.25, -0.2) is 0 Å². The fourth-order valence-corrected chi connectivity index (χ4v) is 8.26. The maximum atomic E-state index is 13.4. The molecule has 3 saturated heterocycles. The third-order valence-electron chi connectivity index (χ3n) is 11.4. The van der Waals surface area contributed by atoms with Crippen molar-refractivity contribution >= 4 is 34.8 Å². The van der Waals surface area contributed by atoms with Crippen LogP contribution in [0, 0.1) is 11.3 Å². The Kier molecular flexibility index (Phi) is 11.1. The van der Waals surface area contributed by atoms with E-state index in [-0.39, 0.29) is 29.7 Å². The summed E-state index contributed by atoms with van der Waals surface area (Å²) in [6, 6.07) is 19.5. The van der Waals surface area contributed by atoms with Gasteiger partial charge < -0.3 is 20.0 Å². The van der Waals surface area contributed by atoms with Crippen molar-refractivity contribution in [3.63, 3.8) is 0 Å². The lowest BCUT2D eigenvalue weighted by atomic mass is 9.89. The Bertz CT molecular complexity index is 1890. The summed E-state index contributed by atoms with van der Waals surface area (Å²) < 4.78 is 40.3. The highest BCUT2D eigenvalue weighted by Crippen LogP contribution is 2.37. The Morgan fingerprint density at radius 3 is 2.22 bits per heavy atom. The van der Waals surface area contributed by atoms with E-state index in [2.05, 4.69) is 50.8 Å². The molecule has 54 heavy (non-hydrogen) atoms. The van der Waals surface area contributed by atoms with Gasteiger partial charge in [-0.05, 0) is 104 Å². The zero-order valence-corrected chi connectivity index (χ0v) is 30.3. The zero-order chi connectivity index (χ0) is 37.8. The maximum Gasteiger partial charge on any atom is 0.417 e. The standard InChI is InChI=1S/C41H46F3N7O3/c42-41(43,44)36-25-34(9-6-30(36)26-45)49-18-14-29(15-19-49)28-4-7-32(8-5-28)46-16-2-1-3-17-48-20-22-50(23-21-48)33-10-11-35-31(24-33)27-51(40(35)54)37-12-13-38(52)47-39(37)53/h4-11,24-25,29,37,46H,1-3,12-23,27H2,(H,47,52,53). The van der Waals surface area contributed by atoms with Gasteiger partial charge in [0.2, 0.25) is 11.8 Å². The average Bonchev–Trinajstić information content (AvgIpc) is 3.51. The molecule has 10 nitrogen and oxygen atoms in total. The van der Waals surface area contributed by atoms with Crippen LogP contribution in [0.15, 0.2) is 60.7 Å². The smallest absolute Gasteiger partial charge is 0.385 e. The summed E-state index contributed by atoms with van der Waals surface area (Å²) >= 11 is 0. The number of carbonyl (C=O) groups excluding carboxylic acids is 3. The Morgan fingerprint density at radius 2 is 1.52 bits per heavy atom. The van der Waals surface area contributed by atoms with Crippen LogP contribution in [-0.2, 0) is 22.3 Å². The van der Waals surface area contributed by atoms with Crippen molar-refractivity contribution in [3.8, 4) is 6.07 Å². The number of rotatable bonds is 11. The number of piperidine rings is 2. The van der Waals surface area contributed by atoms with E-state index in [1.807, 2.05) is 17.0 Å². The molecule has 0 saturated carbocycles. The number of fused-ring (bicyclic) bond motifs is 1. The number of hydrogen-bond acceptors (Lipinski definition) is 8. The summed E-state index contributed by atoms with van der Waals surface area (Å²) in [5, 5.41) is 15.0. The molecule has 13 heteroatoms. The second-order valence-corrected chi connectivity index (χ2v) is 14.8. The fraction of sp³-hybridized carbons (Fsp3) is 0.463. The highest BCUT2D eigenvalue weighted by molar-refractivity contribution is 6.05. The van der Waals surface area contributed by atoms with Gasteiger partial charge in [-0.1, -0.05) is 18.6 Å². The topological polar surface area (TPSA) is 112 Å². The molecule has 1 atom stereocenters. The van der Waals surface area contributed by atoms with Gasteiger partial charge in [0.05, 0.1) is 17.2 Å². The predicted octanol–water partition coefficient (Wildman–Crippen LogP) is 6.13. The molecule has 3 aromatic rings. The average molecular weight is 742 g/mol. The van der Waals surface area contributed by atoms with Crippen LogP contribution < -0.4 is 20.4 Å². The molecule has 4 aliphatic heterocycles. The Hall–Kier alpha value is -5.09. The first-order valence-corrected chi connectivity index (χ1v) is 19.0. The number of benzene rings is 3. The van der Waals surface area contributed by atoms with Gasteiger partial charge in [-0.15, -0.1) is 0 Å². The van der Waals surface area contributed by atoms with E-state index in [0.29, 0.717) is 43.2 Å². The molecule has 3 amide bonds. The number of anilines is 3. The van der Waals surface area contributed by atoms with Crippen molar-refractivity contribution in [1.29, 1.82) is 5.26 Å². The molecule has 1 unspecified atom stereocenters. The minimum Gasteiger partial charge on any atom is -0.385 e. The molecule has 0 aliphatic carbocycles. The lowest BCUT2D eigenvalue weighted by molar-refractivity contribution is -0.138. The Balaban J connectivity index is 0.781. The van der Waals surface area contributed by atoms with Crippen molar-refractivity contribution in [3.05, 3.63) is 88.5 Å². The van der Waals surface area contributed by atoms with Gasteiger partial charge in [0, 0.05) is 81.4 Å². The van der Waals surface area contributed by atoms with E-state index in [1.165, 1.54) is 11.6 Å². The van der Waals surface area contributed by atoms with Crippen molar-refractivity contribution in [2.45, 2.75) is 69.6 Å². The van der Waals surface area contributed by atoms with Crippen LogP contribution in [0.1, 0.15) is 83.5 Å². The normalized spacial score (nSPS) is 19.9. The van der Waals surface area contributed by atoms with E-state index in [4.69, 9.17) is 5.26 Å². The maximum absolute atomic E-state index is 13.4. The van der Waals surface area contributed by atoms with E-state index < -0.39 is 17.8 Å². The van der Waals surface area contributed by atoms with E-state index >= 15 is 0 Å². The number of alkyl halides is 3. The first kappa shape index (κ1) is 37.2. The van der Waals surface area contributed by atoms with Gasteiger partial charge in [0.1, 0.15) is 6.04 Å². The molecular weight excluding hydrogens is 695 g/mol. The first-order chi connectivity index (χ1) is 26.1. The molecule has 0 bridgehead atoms. The number of nitriles is 1. The van der Waals surface area contributed by atoms with Crippen molar-refractivity contribution < 1.29 is 27.6 Å². The van der Waals surface area contributed by atoms with Crippen LogP contribution in [0.5, 0.6) is 0 Å². The number of piperazine rings is 1. The van der Waals surface area contributed by atoms with Gasteiger partial charge in [0.15, 0.2) is 0 Å². The predicted molar refractivity (Wildman–Crippen MR) is 200 cm³/mol. The molecule has 2 N–H and O–H groups in total. The third kappa shape index (κ3) is 8.34. The van der Waals surface area contributed by atoms with Gasteiger partial charge in [-0.3, -0.25) is 24.6 Å². The van der Waals surface area contributed by atoms with E-state index in [1.54, 1.807) is 17.0 Å². The van der Waals surface area contributed by atoms with Crippen LogP contribution in [0.3, 0.4) is 0 Å². The highest BCUT2D eigenvalue weighted by Gasteiger charge is 2.39. The van der Waals surface area contributed by atoms with Crippen LogP contribution in [-0.4, -0.2) is 85.9 Å². The number of unbranched alkanes of at least 4 members (excludes halogenated alkanes) is 2. The lowest BCUT2D eigenvalue weighted by Gasteiger charge is -2.36. The molecule has 284 valence electrons.